The van der Waals surface area contributed by atoms with E-state index in [1.807, 2.05) is 0 Å². The molecule has 6 nitrogen and oxygen atoms in total. The summed E-state index contributed by atoms with van der Waals surface area (Å²) in [4.78, 5) is 7.80. The Morgan fingerprint density at radius 2 is 1.78 bits per heavy atom. The summed E-state index contributed by atoms with van der Waals surface area (Å²) in [6.07, 6.45) is -1.80. The number of nitrogen functional groups attached to an aromatic ring is 2. The molecule has 0 saturated heterocycles. The molecule has 3 aromatic rings. The number of aromatic nitrogens is 4. The second-order valence-electron chi connectivity index (χ2n) is 4.93. The largest absolute Gasteiger partial charge is 0.399 e. The molecule has 0 amide bonds. The van der Waals surface area contributed by atoms with Gasteiger partial charge in [0.25, 0.3) is 6.43 Å². The van der Waals surface area contributed by atoms with Gasteiger partial charge >= 0.3 is 0 Å². The first-order valence-electron chi connectivity index (χ1n) is 6.71. The van der Waals surface area contributed by atoms with Crippen molar-refractivity contribution < 1.29 is 13.2 Å². The first kappa shape index (κ1) is 15.1. The highest BCUT2D eigenvalue weighted by Crippen LogP contribution is 2.33. The molecular formula is C14H13F3N6. The summed E-state index contributed by atoms with van der Waals surface area (Å²) in [5, 5.41) is 4.42. The Morgan fingerprint density at radius 1 is 1.09 bits per heavy atom. The van der Waals surface area contributed by atoms with Gasteiger partial charge in [-0.3, -0.25) is 0 Å². The van der Waals surface area contributed by atoms with Crippen LogP contribution in [0.3, 0.4) is 0 Å². The van der Waals surface area contributed by atoms with Crippen molar-refractivity contribution in [2.75, 3.05) is 18.1 Å². The molecule has 9 heteroatoms. The van der Waals surface area contributed by atoms with Crippen molar-refractivity contribution in [1.29, 1.82) is 0 Å². The fourth-order valence-electron chi connectivity index (χ4n) is 2.31. The van der Waals surface area contributed by atoms with E-state index in [-0.39, 0.29) is 11.5 Å². The van der Waals surface area contributed by atoms with E-state index in [1.165, 1.54) is 0 Å². The lowest BCUT2D eigenvalue weighted by atomic mass is 10.1. The molecule has 3 rings (SSSR count). The quantitative estimate of drug-likeness (QED) is 0.719. The maximum Gasteiger partial charge on any atom is 0.263 e. The molecule has 1 atom stereocenters. The van der Waals surface area contributed by atoms with Crippen LogP contribution in [-0.2, 0) is 0 Å². The Balaban J connectivity index is 2.28. The molecule has 1 aromatic carbocycles. The molecule has 2 aromatic heterocycles. The highest BCUT2D eigenvalue weighted by molar-refractivity contribution is 5.98. The summed E-state index contributed by atoms with van der Waals surface area (Å²) in [6.45, 7) is -1.28. The molecule has 0 fully saturated rings. The van der Waals surface area contributed by atoms with E-state index in [2.05, 4.69) is 15.1 Å². The van der Waals surface area contributed by atoms with Gasteiger partial charge in [0.05, 0.1) is 5.39 Å². The van der Waals surface area contributed by atoms with Gasteiger partial charge in [-0.15, -0.1) is 0 Å². The van der Waals surface area contributed by atoms with E-state index in [1.54, 1.807) is 24.3 Å². The number of hydrogen-bond acceptors (Lipinski definition) is 5. The number of rotatable bonds is 4. The number of halogens is 3. The fourth-order valence-corrected chi connectivity index (χ4v) is 2.31. The summed E-state index contributed by atoms with van der Waals surface area (Å²) in [5.41, 5.74) is 13.0. The molecule has 0 aliphatic carbocycles. The van der Waals surface area contributed by atoms with E-state index < -0.39 is 19.1 Å². The van der Waals surface area contributed by atoms with Gasteiger partial charge in [-0.2, -0.15) is 5.10 Å². The molecule has 120 valence electrons. The summed E-state index contributed by atoms with van der Waals surface area (Å²) < 4.78 is 40.1. The lowest BCUT2D eigenvalue weighted by Gasteiger charge is -2.12. The average Bonchev–Trinajstić information content (AvgIpc) is 2.89. The van der Waals surface area contributed by atoms with Crippen molar-refractivity contribution in [2.45, 2.75) is 12.5 Å². The van der Waals surface area contributed by atoms with Crippen molar-refractivity contribution in [3.63, 3.8) is 0 Å². The van der Waals surface area contributed by atoms with Gasteiger partial charge in [-0.05, 0) is 12.1 Å². The highest BCUT2D eigenvalue weighted by Gasteiger charge is 2.28. The Labute approximate surface area is 128 Å². The van der Waals surface area contributed by atoms with Crippen molar-refractivity contribution in [3.8, 4) is 11.3 Å². The van der Waals surface area contributed by atoms with E-state index in [0.29, 0.717) is 22.3 Å². The van der Waals surface area contributed by atoms with Crippen LogP contribution < -0.4 is 11.5 Å². The molecule has 0 aliphatic heterocycles. The molecule has 0 spiro atoms. The summed E-state index contributed by atoms with van der Waals surface area (Å²) in [7, 11) is 0. The van der Waals surface area contributed by atoms with Gasteiger partial charge in [0, 0.05) is 11.3 Å². The highest BCUT2D eigenvalue weighted by atomic mass is 19.3. The molecule has 4 N–H and O–H groups in total. The minimum atomic E-state index is -2.93. The first-order valence-corrected chi connectivity index (χ1v) is 6.71. The van der Waals surface area contributed by atoms with Crippen LogP contribution in [0.4, 0.5) is 24.7 Å². The third-order valence-corrected chi connectivity index (χ3v) is 3.47. The van der Waals surface area contributed by atoms with E-state index in [4.69, 9.17) is 11.5 Å². The minimum absolute atomic E-state index is 0.0623. The number of nitrogens with zero attached hydrogens (tertiary/aromatic N) is 4. The van der Waals surface area contributed by atoms with E-state index >= 15 is 0 Å². The van der Waals surface area contributed by atoms with Crippen LogP contribution in [0.2, 0.25) is 0 Å². The third kappa shape index (κ3) is 2.54. The standard InChI is InChI=1S/C14H13F3N6/c15-5-9(12(16)17)23-14-10(13(19)20-6-21-14)11(22-23)7-1-3-8(18)4-2-7/h1-4,6,9,12H,5,18H2,(H2,19,20,21). The average molecular weight is 322 g/mol. The van der Waals surface area contributed by atoms with Crippen LogP contribution in [-0.4, -0.2) is 32.8 Å². The molecule has 0 saturated carbocycles. The van der Waals surface area contributed by atoms with Gasteiger partial charge in [0.2, 0.25) is 0 Å². The van der Waals surface area contributed by atoms with Crippen molar-refractivity contribution >= 4 is 22.5 Å². The van der Waals surface area contributed by atoms with E-state index in [9.17, 15) is 13.2 Å². The van der Waals surface area contributed by atoms with Crippen molar-refractivity contribution in [2.24, 2.45) is 0 Å². The number of hydrogen-bond donors (Lipinski definition) is 2. The maximum absolute atomic E-state index is 13.1. The Kier molecular flexibility index (Phi) is 3.77. The van der Waals surface area contributed by atoms with Gasteiger partial charge < -0.3 is 11.5 Å². The second-order valence-corrected chi connectivity index (χ2v) is 4.93. The van der Waals surface area contributed by atoms with Crippen LogP contribution >= 0.6 is 0 Å². The Morgan fingerprint density at radius 3 is 2.39 bits per heavy atom. The van der Waals surface area contributed by atoms with Crippen LogP contribution in [0.15, 0.2) is 30.6 Å². The van der Waals surface area contributed by atoms with Gasteiger partial charge in [-0.1, -0.05) is 12.1 Å². The van der Waals surface area contributed by atoms with E-state index in [0.717, 1.165) is 11.0 Å². The molecule has 0 radical (unpaired) electrons. The third-order valence-electron chi connectivity index (χ3n) is 3.47. The summed E-state index contributed by atoms with van der Waals surface area (Å²) in [6, 6.07) is 4.87. The second kappa shape index (κ2) is 5.75. The molecular weight excluding hydrogens is 309 g/mol. The number of nitrogens with two attached hydrogens (primary N) is 2. The normalized spacial score (nSPS) is 12.9. The predicted molar refractivity (Wildman–Crippen MR) is 80.6 cm³/mol. The Bertz CT molecular complexity index is 830. The number of anilines is 2. The predicted octanol–water partition coefficient (Wildman–Crippen LogP) is 2.43. The maximum atomic E-state index is 13.1. The topological polar surface area (TPSA) is 95.6 Å². The molecule has 0 aliphatic rings. The minimum Gasteiger partial charge on any atom is -0.399 e. The number of fused-ring (bicyclic) bond motifs is 1. The van der Waals surface area contributed by atoms with Gasteiger partial charge in [0.15, 0.2) is 5.65 Å². The van der Waals surface area contributed by atoms with Crippen LogP contribution in [0.1, 0.15) is 6.04 Å². The zero-order chi connectivity index (χ0) is 16.6. The lowest BCUT2D eigenvalue weighted by Crippen LogP contribution is -2.21. The summed E-state index contributed by atoms with van der Waals surface area (Å²) in [5.74, 6) is 0.0833. The van der Waals surface area contributed by atoms with Gasteiger partial charge in [0.1, 0.15) is 30.6 Å². The van der Waals surface area contributed by atoms with Crippen LogP contribution in [0.5, 0.6) is 0 Å². The molecule has 1 unspecified atom stereocenters. The summed E-state index contributed by atoms with van der Waals surface area (Å²) >= 11 is 0. The lowest BCUT2D eigenvalue weighted by molar-refractivity contribution is 0.0644. The SMILES string of the molecule is Nc1ccc(-c2nn(C(CF)C(F)F)c3ncnc(N)c23)cc1. The monoisotopic (exact) mass is 322 g/mol. The van der Waals surface area contributed by atoms with Crippen molar-refractivity contribution in [3.05, 3.63) is 30.6 Å². The zero-order valence-electron chi connectivity index (χ0n) is 11.8. The Hall–Kier alpha value is -2.84. The number of alkyl halides is 3. The van der Waals surface area contributed by atoms with Gasteiger partial charge in [-0.25, -0.2) is 27.8 Å². The first-order chi connectivity index (χ1) is 11.0. The fraction of sp³-hybridized carbons (Fsp3) is 0.214. The van der Waals surface area contributed by atoms with Crippen LogP contribution in [0, 0.1) is 0 Å². The number of benzene rings is 1. The molecule has 23 heavy (non-hydrogen) atoms. The zero-order valence-corrected chi connectivity index (χ0v) is 11.8. The van der Waals surface area contributed by atoms with Crippen LogP contribution in [0.25, 0.3) is 22.3 Å². The molecule has 2 heterocycles. The van der Waals surface area contributed by atoms with Crippen molar-refractivity contribution in [1.82, 2.24) is 19.7 Å². The molecule has 0 bridgehead atoms. The smallest absolute Gasteiger partial charge is 0.263 e.